The molecule has 1 aliphatic heterocycles. The smallest absolute Gasteiger partial charge is 0.323 e. The third-order valence-electron chi connectivity index (χ3n) is 5.85. The van der Waals surface area contributed by atoms with Gasteiger partial charge in [0.2, 0.25) is 5.78 Å². The van der Waals surface area contributed by atoms with Gasteiger partial charge >= 0.3 is 5.97 Å². The molecule has 2 aromatic carbocycles. The minimum Gasteiger partial charge on any atom is -0.476 e. The lowest BCUT2D eigenvalue weighted by Crippen LogP contribution is -2.64. The summed E-state index contributed by atoms with van der Waals surface area (Å²) in [5, 5.41) is 0. The SMILES string of the molecule is CCOC(=O)[C@@]12C[C@@H](c3ccccc3)[C@]1(c1ccccc1)N=C(OCC)C2=O. The van der Waals surface area contributed by atoms with Gasteiger partial charge in [-0.3, -0.25) is 9.59 Å². The van der Waals surface area contributed by atoms with E-state index in [-0.39, 0.29) is 24.2 Å². The number of rotatable bonds is 5. The van der Waals surface area contributed by atoms with Gasteiger partial charge in [-0.05, 0) is 31.4 Å². The summed E-state index contributed by atoms with van der Waals surface area (Å²) < 4.78 is 11.0. The van der Waals surface area contributed by atoms with Crippen molar-refractivity contribution >= 4 is 17.7 Å². The van der Waals surface area contributed by atoms with Crippen LogP contribution in [0.5, 0.6) is 0 Å². The van der Waals surface area contributed by atoms with Crippen LogP contribution < -0.4 is 0 Å². The van der Waals surface area contributed by atoms with Crippen LogP contribution in [0.1, 0.15) is 37.3 Å². The van der Waals surface area contributed by atoms with Crippen molar-refractivity contribution in [1.82, 2.24) is 0 Å². The predicted octanol–water partition coefficient (Wildman–Crippen LogP) is 3.64. The molecule has 0 unspecified atom stereocenters. The Kier molecular flexibility index (Phi) is 4.53. The van der Waals surface area contributed by atoms with Crippen molar-refractivity contribution in [2.45, 2.75) is 31.7 Å². The first-order chi connectivity index (χ1) is 13.6. The van der Waals surface area contributed by atoms with E-state index < -0.39 is 16.9 Å². The average Bonchev–Trinajstić information content (AvgIpc) is 2.89. The van der Waals surface area contributed by atoms with Gasteiger partial charge in [0.15, 0.2) is 5.41 Å². The summed E-state index contributed by atoms with van der Waals surface area (Å²) in [6.45, 7) is 4.07. The van der Waals surface area contributed by atoms with E-state index in [0.717, 1.165) is 11.1 Å². The van der Waals surface area contributed by atoms with Crippen molar-refractivity contribution in [2.75, 3.05) is 13.2 Å². The van der Waals surface area contributed by atoms with Crippen LogP contribution in [0.15, 0.2) is 65.7 Å². The normalized spacial score (nSPS) is 28.1. The number of benzene rings is 2. The molecule has 0 N–H and O–H groups in total. The Labute approximate surface area is 164 Å². The van der Waals surface area contributed by atoms with Crippen LogP contribution in [0.2, 0.25) is 0 Å². The fourth-order valence-electron chi connectivity index (χ4n) is 4.68. The Bertz CT molecular complexity index is 924. The number of hydrogen-bond donors (Lipinski definition) is 0. The first-order valence-corrected chi connectivity index (χ1v) is 9.67. The summed E-state index contributed by atoms with van der Waals surface area (Å²) in [6.07, 6.45) is 0.351. The van der Waals surface area contributed by atoms with E-state index >= 15 is 0 Å². The maximum atomic E-state index is 13.4. The number of Topliss-reactive ketones (excluding diaryl/α,β-unsaturated/α-hetero) is 1. The summed E-state index contributed by atoms with van der Waals surface area (Å²) in [4.78, 5) is 31.4. The van der Waals surface area contributed by atoms with Crippen LogP contribution in [0.3, 0.4) is 0 Å². The maximum absolute atomic E-state index is 13.4. The van der Waals surface area contributed by atoms with E-state index in [4.69, 9.17) is 14.5 Å². The number of fused-ring (bicyclic) bond motifs is 1. The zero-order chi connectivity index (χ0) is 19.8. The van der Waals surface area contributed by atoms with Gasteiger partial charge in [0.05, 0.1) is 13.2 Å². The van der Waals surface area contributed by atoms with Gasteiger partial charge in [-0.25, -0.2) is 4.99 Å². The number of carbonyl (C=O) groups is 2. The molecule has 3 atom stereocenters. The molecule has 2 aromatic rings. The molecule has 2 aliphatic rings. The highest BCUT2D eigenvalue weighted by Crippen LogP contribution is 2.70. The monoisotopic (exact) mass is 377 g/mol. The van der Waals surface area contributed by atoms with E-state index in [2.05, 4.69) is 0 Å². The van der Waals surface area contributed by atoms with Gasteiger partial charge < -0.3 is 9.47 Å². The molecule has 1 fully saturated rings. The van der Waals surface area contributed by atoms with Gasteiger partial charge in [-0.1, -0.05) is 60.7 Å². The number of carbonyl (C=O) groups excluding carboxylic acids is 2. The van der Waals surface area contributed by atoms with Crippen LogP contribution in [0.25, 0.3) is 0 Å². The molecule has 1 aliphatic carbocycles. The molecular formula is C23H23NO4. The standard InChI is InChI=1S/C23H23NO4/c1-3-27-20-19(25)22(21(26)28-4-2)15-18(16-11-7-5-8-12-16)23(22,24-20)17-13-9-6-10-14-17/h5-14,18H,3-4,15H2,1-2H3/t18-,22-,23-/m0/s1. The Balaban J connectivity index is 1.95. The molecule has 0 amide bonds. The molecule has 0 radical (unpaired) electrons. The molecule has 5 nitrogen and oxygen atoms in total. The molecule has 0 bridgehead atoms. The topological polar surface area (TPSA) is 65.0 Å². The van der Waals surface area contributed by atoms with Crippen molar-refractivity contribution in [3.8, 4) is 0 Å². The van der Waals surface area contributed by atoms with E-state index in [0.29, 0.717) is 13.0 Å². The first-order valence-electron chi connectivity index (χ1n) is 9.67. The summed E-state index contributed by atoms with van der Waals surface area (Å²) in [5.74, 6) is -0.987. The second-order valence-electron chi connectivity index (χ2n) is 7.10. The fourth-order valence-corrected chi connectivity index (χ4v) is 4.68. The lowest BCUT2D eigenvalue weighted by molar-refractivity contribution is -0.174. The highest BCUT2D eigenvalue weighted by Gasteiger charge is 2.79. The van der Waals surface area contributed by atoms with Crippen LogP contribution in [-0.2, 0) is 24.6 Å². The lowest BCUT2D eigenvalue weighted by atomic mass is 9.45. The lowest BCUT2D eigenvalue weighted by Gasteiger charge is -2.56. The third-order valence-corrected chi connectivity index (χ3v) is 5.85. The number of ketones is 1. The molecule has 5 heteroatoms. The van der Waals surface area contributed by atoms with Crippen molar-refractivity contribution in [3.63, 3.8) is 0 Å². The highest BCUT2D eigenvalue weighted by molar-refractivity contribution is 6.45. The van der Waals surface area contributed by atoms with E-state index in [1.165, 1.54) is 0 Å². The van der Waals surface area contributed by atoms with Gasteiger partial charge in [0.25, 0.3) is 5.90 Å². The molecule has 1 saturated carbocycles. The number of hydrogen-bond acceptors (Lipinski definition) is 5. The fraction of sp³-hybridized carbons (Fsp3) is 0.348. The molecule has 28 heavy (non-hydrogen) atoms. The molecule has 0 spiro atoms. The third kappa shape index (κ3) is 2.28. The average molecular weight is 377 g/mol. The maximum Gasteiger partial charge on any atom is 0.323 e. The minimum absolute atomic E-state index is 0.0258. The van der Waals surface area contributed by atoms with Gasteiger partial charge in [0, 0.05) is 5.92 Å². The summed E-state index contributed by atoms with van der Waals surface area (Å²) >= 11 is 0. The Hall–Kier alpha value is -2.95. The number of nitrogens with zero attached hydrogens (tertiary/aromatic N) is 1. The van der Waals surface area contributed by atoms with Crippen LogP contribution in [0.4, 0.5) is 0 Å². The predicted molar refractivity (Wildman–Crippen MR) is 105 cm³/mol. The number of esters is 1. The van der Waals surface area contributed by atoms with Gasteiger partial charge in [0.1, 0.15) is 5.54 Å². The van der Waals surface area contributed by atoms with Crippen LogP contribution in [0, 0.1) is 5.41 Å². The summed E-state index contributed by atoms with van der Waals surface area (Å²) in [5.41, 5.74) is -0.564. The molecule has 0 saturated heterocycles. The second kappa shape index (κ2) is 6.89. The highest BCUT2D eigenvalue weighted by atomic mass is 16.5. The summed E-state index contributed by atoms with van der Waals surface area (Å²) in [6, 6.07) is 19.5. The van der Waals surface area contributed by atoms with Crippen molar-refractivity contribution in [2.24, 2.45) is 10.4 Å². The van der Waals surface area contributed by atoms with E-state index in [1.54, 1.807) is 13.8 Å². The second-order valence-corrected chi connectivity index (χ2v) is 7.10. The van der Waals surface area contributed by atoms with Gasteiger partial charge in [-0.15, -0.1) is 0 Å². The molecule has 4 rings (SSSR count). The Morgan fingerprint density at radius 2 is 1.68 bits per heavy atom. The van der Waals surface area contributed by atoms with Crippen molar-refractivity contribution in [1.29, 1.82) is 0 Å². The van der Waals surface area contributed by atoms with Crippen LogP contribution in [-0.4, -0.2) is 30.9 Å². The molecule has 1 heterocycles. The number of aliphatic imine (C=N–C) groups is 1. The van der Waals surface area contributed by atoms with E-state index in [9.17, 15) is 9.59 Å². The van der Waals surface area contributed by atoms with Crippen LogP contribution >= 0.6 is 0 Å². The van der Waals surface area contributed by atoms with Crippen molar-refractivity contribution in [3.05, 3.63) is 71.8 Å². The van der Waals surface area contributed by atoms with E-state index in [1.807, 2.05) is 60.7 Å². The molecular weight excluding hydrogens is 354 g/mol. The quantitative estimate of drug-likeness (QED) is 0.589. The molecule has 0 aromatic heterocycles. The molecule has 144 valence electrons. The Morgan fingerprint density at radius 1 is 1.04 bits per heavy atom. The number of ether oxygens (including phenoxy) is 2. The zero-order valence-electron chi connectivity index (χ0n) is 16.1. The van der Waals surface area contributed by atoms with Gasteiger partial charge in [-0.2, -0.15) is 0 Å². The Morgan fingerprint density at radius 3 is 2.29 bits per heavy atom. The zero-order valence-corrected chi connectivity index (χ0v) is 16.1. The first kappa shape index (κ1) is 18.4. The minimum atomic E-state index is -1.38. The van der Waals surface area contributed by atoms with Crippen molar-refractivity contribution < 1.29 is 19.1 Å². The summed E-state index contributed by atoms with van der Waals surface area (Å²) in [7, 11) is 0. The largest absolute Gasteiger partial charge is 0.476 e.